The molecule has 1 heterocycles. The van der Waals surface area contributed by atoms with Crippen LogP contribution in [0.15, 0.2) is 134 Å². The van der Waals surface area contributed by atoms with Crippen LogP contribution < -0.4 is 0 Å². The highest BCUT2D eigenvalue weighted by Gasteiger charge is 2.44. The Morgan fingerprint density at radius 2 is 0.853 bits per heavy atom. The molecule has 1 rings (SSSR count). The molecule has 1 fully saturated rings. The molecule has 68 heavy (non-hydrogen) atoms. The maximum Gasteiger partial charge on any atom is 0.306 e. The number of aliphatic hydroxyl groups is 4. The van der Waals surface area contributed by atoms with E-state index in [1.54, 1.807) is 0 Å². The second-order valence-electron chi connectivity index (χ2n) is 17.2. The molecular formula is C59H94O9. The number of rotatable bonds is 43. The van der Waals surface area contributed by atoms with Gasteiger partial charge in [0.1, 0.15) is 30.5 Å². The van der Waals surface area contributed by atoms with E-state index in [-0.39, 0.29) is 25.6 Å². The van der Waals surface area contributed by atoms with Crippen molar-refractivity contribution in [1.82, 2.24) is 0 Å². The van der Waals surface area contributed by atoms with E-state index in [2.05, 4.69) is 148 Å². The molecule has 1 aliphatic rings. The molecule has 6 unspecified atom stereocenters. The van der Waals surface area contributed by atoms with Crippen molar-refractivity contribution in [3.8, 4) is 0 Å². The molecular weight excluding hydrogens is 853 g/mol. The molecule has 9 heteroatoms. The molecule has 9 nitrogen and oxygen atoms in total. The highest BCUT2D eigenvalue weighted by molar-refractivity contribution is 5.69. The molecule has 1 saturated heterocycles. The van der Waals surface area contributed by atoms with Gasteiger partial charge >= 0.3 is 5.97 Å². The van der Waals surface area contributed by atoms with Crippen LogP contribution in [0.1, 0.15) is 168 Å². The van der Waals surface area contributed by atoms with Gasteiger partial charge in [-0.1, -0.05) is 186 Å². The highest BCUT2D eigenvalue weighted by Crippen LogP contribution is 2.22. The van der Waals surface area contributed by atoms with E-state index in [1.807, 2.05) is 0 Å². The van der Waals surface area contributed by atoms with Gasteiger partial charge in [-0.3, -0.25) is 4.79 Å². The number of allylic oxidation sites excluding steroid dienone is 22. The first-order valence-corrected chi connectivity index (χ1v) is 26.3. The van der Waals surface area contributed by atoms with Crippen LogP contribution in [0, 0.1) is 0 Å². The molecule has 0 spiro atoms. The Morgan fingerprint density at radius 1 is 0.471 bits per heavy atom. The Labute approximate surface area is 413 Å². The molecule has 384 valence electrons. The fourth-order valence-electron chi connectivity index (χ4n) is 7.05. The number of unbranched alkanes of at least 4 members (excludes halogenated alkanes) is 10. The van der Waals surface area contributed by atoms with Crippen LogP contribution in [0.4, 0.5) is 0 Å². The molecule has 4 N–H and O–H groups in total. The molecule has 0 bridgehead atoms. The highest BCUT2D eigenvalue weighted by atomic mass is 16.7. The Balaban J connectivity index is 2.27. The van der Waals surface area contributed by atoms with Crippen LogP contribution in [0.5, 0.6) is 0 Å². The maximum absolute atomic E-state index is 12.9. The number of hydrogen-bond donors (Lipinski definition) is 4. The van der Waals surface area contributed by atoms with Crippen LogP contribution in [0.3, 0.4) is 0 Å². The first kappa shape index (κ1) is 62.3. The molecule has 0 amide bonds. The summed E-state index contributed by atoms with van der Waals surface area (Å²) < 4.78 is 22.8. The number of aliphatic hydroxyl groups excluding tert-OH is 4. The summed E-state index contributed by atoms with van der Waals surface area (Å²) in [5, 5.41) is 40.3. The van der Waals surface area contributed by atoms with Crippen LogP contribution in [0.2, 0.25) is 0 Å². The second-order valence-corrected chi connectivity index (χ2v) is 17.2. The van der Waals surface area contributed by atoms with Crippen molar-refractivity contribution in [3.05, 3.63) is 134 Å². The van der Waals surface area contributed by atoms with Crippen molar-refractivity contribution in [2.75, 3.05) is 26.4 Å². The number of hydrogen-bond acceptors (Lipinski definition) is 9. The standard InChI is InChI=1S/C59H94O9/c1-3-5-7-9-11-13-15-17-19-21-23-25-26-27-29-31-33-35-37-39-41-43-45-47-49-65-51-53(52-66-59-58(64)57(63)56(62)54(50-60)68-59)67-55(61)48-46-44-42-40-38-36-34-32-30-28-24-22-20-18-16-14-12-10-8-6-4-2/h5-8,11-14,17-20,23-25,27-29,33,35,39,41,53-54,56-60,62-64H,3-4,9-10,15-16,21-22,26,30-32,34,36-38,40,42-52H2,1-2H3/b7-5-,8-6-,13-11-,14-12-,19-17-,20-18-,25-23-,28-24-,29-27-,35-33-,41-39-. The summed E-state index contributed by atoms with van der Waals surface area (Å²) in [5.41, 5.74) is 0. The fraction of sp³-hybridized carbons (Fsp3) is 0.610. The van der Waals surface area contributed by atoms with Gasteiger partial charge in [-0.05, 0) is 109 Å². The van der Waals surface area contributed by atoms with Crippen LogP contribution in [-0.2, 0) is 23.7 Å². The SMILES string of the molecule is CC/C=C\C/C=C\C/C=C\C/C=C\C/C=C\C/C=C\C/C=C\CCCCOCC(COC1OC(CO)C(O)C(O)C1O)OC(=O)CCCCCCCCCC/C=C\C/C=C\C/C=C\C/C=C\CC. The minimum Gasteiger partial charge on any atom is -0.457 e. The largest absolute Gasteiger partial charge is 0.457 e. The molecule has 0 saturated carbocycles. The summed E-state index contributed by atoms with van der Waals surface area (Å²) in [6.07, 6.45) is 64.8. The Hall–Kier alpha value is -3.67. The first-order chi connectivity index (χ1) is 33.4. The smallest absolute Gasteiger partial charge is 0.306 e. The van der Waals surface area contributed by atoms with E-state index >= 15 is 0 Å². The molecule has 0 aromatic heterocycles. The Morgan fingerprint density at radius 3 is 1.28 bits per heavy atom. The molecule has 0 aromatic rings. The van der Waals surface area contributed by atoms with Crippen molar-refractivity contribution in [2.45, 2.75) is 205 Å². The van der Waals surface area contributed by atoms with Gasteiger partial charge in [0.25, 0.3) is 0 Å². The summed E-state index contributed by atoms with van der Waals surface area (Å²) in [6.45, 7) is 4.19. The van der Waals surface area contributed by atoms with Crippen molar-refractivity contribution in [1.29, 1.82) is 0 Å². The Bertz CT molecular complexity index is 1500. The molecule has 6 atom stereocenters. The lowest BCUT2D eigenvalue weighted by Crippen LogP contribution is -2.59. The quantitative estimate of drug-likeness (QED) is 0.0268. The van der Waals surface area contributed by atoms with Gasteiger partial charge in [0, 0.05) is 13.0 Å². The zero-order valence-electron chi connectivity index (χ0n) is 42.3. The topological polar surface area (TPSA) is 135 Å². The third kappa shape index (κ3) is 38.2. The lowest BCUT2D eigenvalue weighted by molar-refractivity contribution is -0.305. The van der Waals surface area contributed by atoms with Gasteiger partial charge in [0.15, 0.2) is 6.29 Å². The summed E-state index contributed by atoms with van der Waals surface area (Å²) in [7, 11) is 0. The second kappa shape index (κ2) is 48.4. The van der Waals surface area contributed by atoms with Gasteiger partial charge < -0.3 is 39.4 Å². The van der Waals surface area contributed by atoms with E-state index in [1.165, 1.54) is 25.7 Å². The molecule has 0 radical (unpaired) electrons. The van der Waals surface area contributed by atoms with Gasteiger partial charge in [0.2, 0.25) is 0 Å². The molecule has 1 aliphatic heterocycles. The van der Waals surface area contributed by atoms with Crippen molar-refractivity contribution >= 4 is 5.97 Å². The van der Waals surface area contributed by atoms with E-state index in [0.717, 1.165) is 122 Å². The number of esters is 1. The summed E-state index contributed by atoms with van der Waals surface area (Å²) in [5.74, 6) is -0.344. The van der Waals surface area contributed by atoms with Crippen molar-refractivity contribution < 1.29 is 44.2 Å². The number of carbonyl (C=O) groups is 1. The summed E-state index contributed by atoms with van der Waals surface area (Å²) in [4.78, 5) is 12.9. The van der Waals surface area contributed by atoms with Crippen molar-refractivity contribution in [2.24, 2.45) is 0 Å². The van der Waals surface area contributed by atoms with Gasteiger partial charge in [-0.2, -0.15) is 0 Å². The summed E-state index contributed by atoms with van der Waals surface area (Å²) in [6, 6.07) is 0. The lowest BCUT2D eigenvalue weighted by Gasteiger charge is -2.39. The van der Waals surface area contributed by atoms with Gasteiger partial charge in [-0.25, -0.2) is 0 Å². The zero-order valence-corrected chi connectivity index (χ0v) is 42.3. The average Bonchev–Trinajstić information content (AvgIpc) is 3.34. The number of ether oxygens (including phenoxy) is 4. The van der Waals surface area contributed by atoms with Crippen LogP contribution in [-0.4, -0.2) is 89.6 Å². The van der Waals surface area contributed by atoms with Gasteiger partial charge in [-0.15, -0.1) is 0 Å². The maximum atomic E-state index is 12.9. The van der Waals surface area contributed by atoms with E-state index < -0.39 is 43.4 Å². The zero-order chi connectivity index (χ0) is 49.2. The predicted molar refractivity (Wildman–Crippen MR) is 283 cm³/mol. The monoisotopic (exact) mass is 947 g/mol. The van der Waals surface area contributed by atoms with E-state index in [0.29, 0.717) is 6.61 Å². The third-order valence-electron chi connectivity index (χ3n) is 11.1. The first-order valence-electron chi connectivity index (χ1n) is 26.3. The van der Waals surface area contributed by atoms with Gasteiger partial charge in [0.05, 0.1) is 19.8 Å². The summed E-state index contributed by atoms with van der Waals surface area (Å²) >= 11 is 0. The van der Waals surface area contributed by atoms with E-state index in [4.69, 9.17) is 18.9 Å². The Kier molecular flexibility index (Phi) is 44.3. The van der Waals surface area contributed by atoms with E-state index in [9.17, 15) is 25.2 Å². The van der Waals surface area contributed by atoms with Crippen LogP contribution >= 0.6 is 0 Å². The van der Waals surface area contributed by atoms with Crippen molar-refractivity contribution in [3.63, 3.8) is 0 Å². The molecule has 0 aromatic carbocycles. The molecule has 0 aliphatic carbocycles. The minimum atomic E-state index is -1.56. The normalized spacial score (nSPS) is 20.2. The average molecular weight is 947 g/mol. The predicted octanol–water partition coefficient (Wildman–Crippen LogP) is 13.3. The minimum absolute atomic E-state index is 0.101. The third-order valence-corrected chi connectivity index (χ3v) is 11.1. The number of carbonyl (C=O) groups excluding carboxylic acids is 1. The van der Waals surface area contributed by atoms with Crippen LogP contribution in [0.25, 0.3) is 0 Å². The lowest BCUT2D eigenvalue weighted by atomic mass is 9.99. The fourth-order valence-corrected chi connectivity index (χ4v) is 7.05.